The first-order valence-electron chi connectivity index (χ1n) is 4.77. The van der Waals surface area contributed by atoms with E-state index in [2.05, 4.69) is 37.9 Å². The predicted octanol–water partition coefficient (Wildman–Crippen LogP) is 3.14. The first-order chi connectivity index (χ1) is 5.70. The molecule has 0 aliphatic carbocycles. The summed E-state index contributed by atoms with van der Waals surface area (Å²) in [4.78, 5) is 0. The summed E-state index contributed by atoms with van der Waals surface area (Å²) in [5.41, 5.74) is 0. The Morgan fingerprint density at radius 2 is 1.25 bits per heavy atom. The zero-order chi connectivity index (χ0) is 9.40. The molecule has 0 aromatic heterocycles. The van der Waals surface area contributed by atoms with Crippen LogP contribution in [0.5, 0.6) is 0 Å². The topological polar surface area (TPSA) is 24.7 Å². The van der Waals surface area contributed by atoms with Gasteiger partial charge in [0.05, 0.1) is 0 Å². The standard InChI is InChI=1S/C10H20N2/c1-5-9(3)7-11-12-8-10(4)6-2/h7-10H,5-6H2,1-4H3. The first kappa shape index (κ1) is 11.3. The number of nitrogens with zero attached hydrogens (tertiary/aromatic N) is 2. The van der Waals surface area contributed by atoms with E-state index in [0.29, 0.717) is 11.8 Å². The Hall–Kier alpha value is -0.660. The van der Waals surface area contributed by atoms with Crippen molar-refractivity contribution in [2.24, 2.45) is 22.0 Å². The number of hydrogen-bond acceptors (Lipinski definition) is 2. The Bertz CT molecular complexity index is 132. The molecule has 12 heavy (non-hydrogen) atoms. The molecule has 0 aliphatic rings. The van der Waals surface area contributed by atoms with Gasteiger partial charge in [-0.1, -0.05) is 27.7 Å². The maximum Gasteiger partial charge on any atom is 0.0298 e. The lowest BCUT2D eigenvalue weighted by Crippen LogP contribution is -1.93. The summed E-state index contributed by atoms with van der Waals surface area (Å²) in [7, 11) is 0. The molecule has 0 heterocycles. The van der Waals surface area contributed by atoms with Gasteiger partial charge in [0.2, 0.25) is 0 Å². The molecule has 2 heteroatoms. The number of rotatable bonds is 5. The van der Waals surface area contributed by atoms with Gasteiger partial charge in [0.25, 0.3) is 0 Å². The molecule has 0 saturated carbocycles. The van der Waals surface area contributed by atoms with Crippen LogP contribution in [0.15, 0.2) is 10.2 Å². The van der Waals surface area contributed by atoms with E-state index >= 15 is 0 Å². The van der Waals surface area contributed by atoms with Gasteiger partial charge in [0.1, 0.15) is 0 Å². The highest BCUT2D eigenvalue weighted by molar-refractivity contribution is 5.63. The fourth-order valence-corrected chi connectivity index (χ4v) is 0.515. The Kier molecular flexibility index (Phi) is 6.63. The normalized spacial score (nSPS) is 17.3. The van der Waals surface area contributed by atoms with Crippen molar-refractivity contribution >= 4 is 12.4 Å². The third-order valence-electron chi connectivity index (χ3n) is 2.00. The predicted molar refractivity (Wildman–Crippen MR) is 55.9 cm³/mol. The average molecular weight is 168 g/mol. The maximum atomic E-state index is 3.97. The quantitative estimate of drug-likeness (QED) is 0.445. The van der Waals surface area contributed by atoms with Gasteiger partial charge in [-0.3, -0.25) is 0 Å². The van der Waals surface area contributed by atoms with Crippen LogP contribution in [0.25, 0.3) is 0 Å². The highest BCUT2D eigenvalue weighted by atomic mass is 15.2. The zero-order valence-electron chi connectivity index (χ0n) is 8.62. The van der Waals surface area contributed by atoms with Gasteiger partial charge in [-0.2, -0.15) is 10.2 Å². The molecular formula is C10H20N2. The van der Waals surface area contributed by atoms with Crippen molar-refractivity contribution in [2.75, 3.05) is 0 Å². The highest BCUT2D eigenvalue weighted by Gasteiger charge is 1.91. The second-order valence-electron chi connectivity index (χ2n) is 3.30. The summed E-state index contributed by atoms with van der Waals surface area (Å²) >= 11 is 0. The average Bonchev–Trinajstić information content (AvgIpc) is 2.11. The van der Waals surface area contributed by atoms with Gasteiger partial charge in [-0.25, -0.2) is 0 Å². The highest BCUT2D eigenvalue weighted by Crippen LogP contribution is 1.97. The van der Waals surface area contributed by atoms with E-state index in [1.807, 2.05) is 12.4 Å². The molecule has 0 rings (SSSR count). The first-order valence-corrected chi connectivity index (χ1v) is 4.77. The molecule has 70 valence electrons. The van der Waals surface area contributed by atoms with E-state index in [1.54, 1.807) is 0 Å². The zero-order valence-corrected chi connectivity index (χ0v) is 8.62. The van der Waals surface area contributed by atoms with E-state index in [-0.39, 0.29) is 0 Å². The van der Waals surface area contributed by atoms with Gasteiger partial charge in [-0.15, -0.1) is 0 Å². The minimum atomic E-state index is 0.541. The van der Waals surface area contributed by atoms with E-state index in [4.69, 9.17) is 0 Å². The lowest BCUT2D eigenvalue weighted by molar-refractivity contribution is 0.744. The molecule has 2 nitrogen and oxygen atoms in total. The van der Waals surface area contributed by atoms with Crippen molar-refractivity contribution in [1.82, 2.24) is 0 Å². The SMILES string of the molecule is CCC(C)C=NN=CC(C)CC. The van der Waals surface area contributed by atoms with Crippen molar-refractivity contribution in [1.29, 1.82) is 0 Å². The summed E-state index contributed by atoms with van der Waals surface area (Å²) in [5.74, 6) is 1.08. The van der Waals surface area contributed by atoms with Crippen molar-refractivity contribution < 1.29 is 0 Å². The Labute approximate surface area is 75.8 Å². The minimum absolute atomic E-state index is 0.541. The Morgan fingerprint density at radius 3 is 1.50 bits per heavy atom. The molecule has 2 atom stereocenters. The van der Waals surface area contributed by atoms with Crippen LogP contribution in [-0.4, -0.2) is 12.4 Å². The third-order valence-corrected chi connectivity index (χ3v) is 2.00. The van der Waals surface area contributed by atoms with Crippen LogP contribution in [0.3, 0.4) is 0 Å². The van der Waals surface area contributed by atoms with E-state index in [1.165, 1.54) is 0 Å². The van der Waals surface area contributed by atoms with Crippen molar-refractivity contribution in [2.45, 2.75) is 40.5 Å². The molecule has 0 radical (unpaired) electrons. The van der Waals surface area contributed by atoms with Gasteiger partial charge in [0, 0.05) is 12.4 Å². The van der Waals surface area contributed by atoms with Gasteiger partial charge >= 0.3 is 0 Å². The van der Waals surface area contributed by atoms with E-state index in [0.717, 1.165) is 12.8 Å². The van der Waals surface area contributed by atoms with Crippen LogP contribution in [0, 0.1) is 11.8 Å². The van der Waals surface area contributed by atoms with Crippen LogP contribution < -0.4 is 0 Å². The summed E-state index contributed by atoms with van der Waals surface area (Å²) in [5, 5.41) is 7.95. The molecule has 0 spiro atoms. The summed E-state index contributed by atoms with van der Waals surface area (Å²) in [6.07, 6.45) is 6.06. The van der Waals surface area contributed by atoms with Crippen molar-refractivity contribution in [3.63, 3.8) is 0 Å². The van der Waals surface area contributed by atoms with Crippen LogP contribution in [0.1, 0.15) is 40.5 Å². The van der Waals surface area contributed by atoms with Crippen LogP contribution in [0.4, 0.5) is 0 Å². The molecule has 0 saturated heterocycles. The molecule has 0 fully saturated rings. The molecule has 0 amide bonds. The fourth-order valence-electron chi connectivity index (χ4n) is 0.515. The maximum absolute atomic E-state index is 3.97. The minimum Gasteiger partial charge on any atom is -0.164 e. The molecule has 0 bridgehead atoms. The summed E-state index contributed by atoms with van der Waals surface area (Å²) in [6.45, 7) is 8.58. The van der Waals surface area contributed by atoms with Crippen LogP contribution in [0.2, 0.25) is 0 Å². The Balaban J connectivity index is 3.65. The number of hydrogen-bond donors (Lipinski definition) is 0. The smallest absolute Gasteiger partial charge is 0.0298 e. The fraction of sp³-hybridized carbons (Fsp3) is 0.800. The molecule has 0 aromatic rings. The van der Waals surface area contributed by atoms with Crippen molar-refractivity contribution in [3.05, 3.63) is 0 Å². The van der Waals surface area contributed by atoms with Crippen LogP contribution >= 0.6 is 0 Å². The van der Waals surface area contributed by atoms with E-state index < -0.39 is 0 Å². The molecule has 2 unspecified atom stereocenters. The monoisotopic (exact) mass is 168 g/mol. The lowest BCUT2D eigenvalue weighted by atomic mass is 10.1. The van der Waals surface area contributed by atoms with Gasteiger partial charge in [-0.05, 0) is 24.7 Å². The lowest BCUT2D eigenvalue weighted by Gasteiger charge is -1.97. The largest absolute Gasteiger partial charge is 0.164 e. The van der Waals surface area contributed by atoms with E-state index in [9.17, 15) is 0 Å². The molecule has 0 aromatic carbocycles. The second kappa shape index (κ2) is 7.01. The van der Waals surface area contributed by atoms with Crippen molar-refractivity contribution in [3.8, 4) is 0 Å². The van der Waals surface area contributed by atoms with Gasteiger partial charge < -0.3 is 0 Å². The van der Waals surface area contributed by atoms with Crippen LogP contribution in [-0.2, 0) is 0 Å². The Morgan fingerprint density at radius 1 is 0.917 bits per heavy atom. The van der Waals surface area contributed by atoms with Gasteiger partial charge in [0.15, 0.2) is 0 Å². The molecule has 0 N–H and O–H groups in total. The molecular weight excluding hydrogens is 148 g/mol. The summed E-state index contributed by atoms with van der Waals surface area (Å²) in [6, 6.07) is 0. The summed E-state index contributed by atoms with van der Waals surface area (Å²) < 4.78 is 0. The third kappa shape index (κ3) is 6.08. The second-order valence-corrected chi connectivity index (χ2v) is 3.30. The molecule has 0 aliphatic heterocycles.